The normalized spacial score (nSPS) is 12.2. The van der Waals surface area contributed by atoms with Crippen LogP contribution in [0, 0.1) is 0 Å². The van der Waals surface area contributed by atoms with Gasteiger partial charge in [-0.3, -0.25) is 4.79 Å². The number of hydrogen-bond donors (Lipinski definition) is 0. The van der Waals surface area contributed by atoms with Crippen LogP contribution in [0.4, 0.5) is 0 Å². The van der Waals surface area contributed by atoms with Crippen molar-refractivity contribution in [2.24, 2.45) is 0 Å². The average molecular weight is 323 g/mol. The first-order valence-corrected chi connectivity index (χ1v) is 7.26. The molecule has 0 saturated heterocycles. The second kappa shape index (κ2) is 5.69. The van der Waals surface area contributed by atoms with Crippen LogP contribution in [0.15, 0.2) is 48.7 Å². The molecule has 7 nitrogen and oxygen atoms in total. The smallest absolute Gasteiger partial charge is 0.231 e. The predicted octanol–water partition coefficient (Wildman–Crippen LogP) is 2.24. The quantitative estimate of drug-likeness (QED) is 0.685. The molecule has 24 heavy (non-hydrogen) atoms. The summed E-state index contributed by atoms with van der Waals surface area (Å²) >= 11 is 0. The Morgan fingerprint density at radius 2 is 1.92 bits per heavy atom. The third-order valence-corrected chi connectivity index (χ3v) is 3.73. The molecule has 0 amide bonds. The van der Waals surface area contributed by atoms with E-state index in [9.17, 15) is 4.79 Å². The van der Waals surface area contributed by atoms with Crippen molar-refractivity contribution in [3.8, 4) is 22.9 Å². The van der Waals surface area contributed by atoms with Crippen molar-refractivity contribution in [1.29, 1.82) is 0 Å². The van der Waals surface area contributed by atoms with E-state index in [1.165, 1.54) is 10.9 Å². The first-order valence-electron chi connectivity index (χ1n) is 7.26. The van der Waals surface area contributed by atoms with Crippen molar-refractivity contribution < 1.29 is 19.0 Å². The van der Waals surface area contributed by atoms with Crippen molar-refractivity contribution in [3.63, 3.8) is 0 Å². The van der Waals surface area contributed by atoms with Crippen LogP contribution in [0.25, 0.3) is 5.69 Å². The molecule has 0 saturated carbocycles. The molecular weight excluding hydrogens is 310 g/mol. The molecule has 2 heterocycles. The molecule has 0 N–H and O–H groups in total. The molecule has 0 spiro atoms. The Kier molecular flexibility index (Phi) is 3.38. The lowest BCUT2D eigenvalue weighted by atomic mass is 10.1. The van der Waals surface area contributed by atoms with Gasteiger partial charge in [0.25, 0.3) is 0 Å². The SMILES string of the molecule is COc1ccc(-n2nncc2C(=O)c2ccc3c(c2)OCO3)cc1. The lowest BCUT2D eigenvalue weighted by Crippen LogP contribution is -2.10. The highest BCUT2D eigenvalue weighted by Crippen LogP contribution is 2.33. The molecule has 120 valence electrons. The van der Waals surface area contributed by atoms with Crippen molar-refractivity contribution >= 4 is 5.78 Å². The van der Waals surface area contributed by atoms with Gasteiger partial charge in [-0.05, 0) is 42.5 Å². The molecule has 0 atom stereocenters. The third-order valence-electron chi connectivity index (χ3n) is 3.73. The topological polar surface area (TPSA) is 75.5 Å². The van der Waals surface area contributed by atoms with Crippen LogP contribution in [0.2, 0.25) is 0 Å². The van der Waals surface area contributed by atoms with Gasteiger partial charge in [0.2, 0.25) is 12.6 Å². The van der Waals surface area contributed by atoms with Gasteiger partial charge in [0, 0.05) is 5.56 Å². The Labute approximate surface area is 137 Å². The zero-order valence-electron chi connectivity index (χ0n) is 12.8. The molecular formula is C17H13N3O4. The molecule has 1 aliphatic heterocycles. The Balaban J connectivity index is 1.69. The summed E-state index contributed by atoms with van der Waals surface area (Å²) in [7, 11) is 1.60. The maximum Gasteiger partial charge on any atom is 0.231 e. The van der Waals surface area contributed by atoms with E-state index in [4.69, 9.17) is 14.2 Å². The van der Waals surface area contributed by atoms with Crippen LogP contribution in [0.1, 0.15) is 16.1 Å². The van der Waals surface area contributed by atoms with Gasteiger partial charge in [0.15, 0.2) is 11.5 Å². The van der Waals surface area contributed by atoms with Gasteiger partial charge in [-0.2, -0.15) is 0 Å². The van der Waals surface area contributed by atoms with Crippen LogP contribution < -0.4 is 14.2 Å². The van der Waals surface area contributed by atoms with Crippen LogP contribution in [0.5, 0.6) is 17.2 Å². The summed E-state index contributed by atoms with van der Waals surface area (Å²) in [6.45, 7) is 0.165. The van der Waals surface area contributed by atoms with E-state index in [0.29, 0.717) is 22.8 Å². The highest BCUT2D eigenvalue weighted by atomic mass is 16.7. The minimum Gasteiger partial charge on any atom is -0.497 e. The molecule has 3 aromatic rings. The third kappa shape index (κ3) is 2.36. The van der Waals surface area contributed by atoms with Gasteiger partial charge >= 0.3 is 0 Å². The number of benzene rings is 2. The lowest BCUT2D eigenvalue weighted by Gasteiger charge is -2.07. The number of carbonyl (C=O) groups excluding carboxylic acids is 1. The van der Waals surface area contributed by atoms with E-state index < -0.39 is 0 Å². The van der Waals surface area contributed by atoms with Crippen LogP contribution in [-0.2, 0) is 0 Å². The van der Waals surface area contributed by atoms with Gasteiger partial charge in [0.05, 0.1) is 19.0 Å². The van der Waals surface area contributed by atoms with Gasteiger partial charge in [0.1, 0.15) is 11.4 Å². The van der Waals surface area contributed by atoms with Gasteiger partial charge in [-0.1, -0.05) is 5.21 Å². The monoisotopic (exact) mass is 323 g/mol. The average Bonchev–Trinajstić information content (AvgIpc) is 3.29. The highest BCUT2D eigenvalue weighted by molar-refractivity contribution is 6.08. The molecule has 0 aliphatic carbocycles. The molecule has 2 aromatic carbocycles. The largest absolute Gasteiger partial charge is 0.497 e. The Bertz CT molecular complexity index is 902. The summed E-state index contributed by atoms with van der Waals surface area (Å²) in [4.78, 5) is 12.8. The van der Waals surface area contributed by atoms with Gasteiger partial charge < -0.3 is 14.2 Å². The number of methoxy groups -OCH3 is 1. The first kappa shape index (κ1) is 14.3. The lowest BCUT2D eigenvalue weighted by molar-refractivity contribution is 0.103. The van der Waals surface area contributed by atoms with Gasteiger partial charge in [-0.25, -0.2) is 4.68 Å². The van der Waals surface area contributed by atoms with E-state index in [1.54, 1.807) is 37.4 Å². The zero-order valence-corrected chi connectivity index (χ0v) is 12.8. The number of ether oxygens (including phenoxy) is 3. The van der Waals surface area contributed by atoms with E-state index in [0.717, 1.165) is 11.4 Å². The van der Waals surface area contributed by atoms with Crippen molar-refractivity contribution in [2.75, 3.05) is 13.9 Å². The second-order valence-corrected chi connectivity index (χ2v) is 5.13. The van der Waals surface area contributed by atoms with E-state index in [-0.39, 0.29) is 12.6 Å². The fourth-order valence-electron chi connectivity index (χ4n) is 2.49. The fraction of sp³-hybridized carbons (Fsp3) is 0.118. The number of aromatic nitrogens is 3. The molecule has 0 bridgehead atoms. The molecule has 0 fully saturated rings. The minimum absolute atomic E-state index is 0.165. The summed E-state index contributed by atoms with van der Waals surface area (Å²) in [6.07, 6.45) is 1.44. The number of fused-ring (bicyclic) bond motifs is 1. The Morgan fingerprint density at radius 1 is 1.12 bits per heavy atom. The Hall–Kier alpha value is -3.35. The van der Waals surface area contributed by atoms with Crippen molar-refractivity contribution in [1.82, 2.24) is 15.0 Å². The molecule has 1 aromatic heterocycles. The second-order valence-electron chi connectivity index (χ2n) is 5.13. The molecule has 7 heteroatoms. The number of nitrogens with zero attached hydrogens (tertiary/aromatic N) is 3. The van der Waals surface area contributed by atoms with E-state index >= 15 is 0 Å². The summed E-state index contributed by atoms with van der Waals surface area (Å²) < 4.78 is 17.2. The van der Waals surface area contributed by atoms with Crippen LogP contribution in [-0.4, -0.2) is 34.7 Å². The maximum atomic E-state index is 12.8. The highest BCUT2D eigenvalue weighted by Gasteiger charge is 2.20. The summed E-state index contributed by atoms with van der Waals surface area (Å²) in [6, 6.07) is 12.3. The molecule has 4 rings (SSSR count). The van der Waals surface area contributed by atoms with Gasteiger partial charge in [-0.15, -0.1) is 5.10 Å². The predicted molar refractivity (Wildman–Crippen MR) is 83.9 cm³/mol. The van der Waals surface area contributed by atoms with Crippen molar-refractivity contribution in [3.05, 3.63) is 59.9 Å². The minimum atomic E-state index is -0.200. The summed E-state index contributed by atoms with van der Waals surface area (Å²) in [5, 5.41) is 7.88. The summed E-state index contributed by atoms with van der Waals surface area (Å²) in [5.41, 5.74) is 1.56. The molecule has 0 radical (unpaired) electrons. The number of carbonyl (C=O) groups is 1. The molecule has 0 unspecified atom stereocenters. The van der Waals surface area contributed by atoms with Crippen LogP contribution >= 0.6 is 0 Å². The fourth-order valence-corrected chi connectivity index (χ4v) is 2.49. The van der Waals surface area contributed by atoms with Crippen molar-refractivity contribution in [2.45, 2.75) is 0 Å². The number of ketones is 1. The standard InChI is InChI=1S/C17H13N3O4/c1-22-13-5-3-12(4-6-13)20-14(9-18-19-20)17(21)11-2-7-15-16(8-11)24-10-23-15/h2-9H,10H2,1H3. The number of rotatable bonds is 4. The Morgan fingerprint density at radius 3 is 2.71 bits per heavy atom. The van der Waals surface area contributed by atoms with E-state index in [1.807, 2.05) is 12.1 Å². The first-order chi connectivity index (χ1) is 11.8. The number of hydrogen-bond acceptors (Lipinski definition) is 6. The summed E-state index contributed by atoms with van der Waals surface area (Å²) in [5.74, 6) is 1.72. The zero-order chi connectivity index (χ0) is 16.5. The van der Waals surface area contributed by atoms with Crippen LogP contribution in [0.3, 0.4) is 0 Å². The molecule has 1 aliphatic rings. The van der Waals surface area contributed by atoms with E-state index in [2.05, 4.69) is 10.3 Å². The maximum absolute atomic E-state index is 12.8.